The maximum atomic E-state index is 10.4. The van der Waals surface area contributed by atoms with Gasteiger partial charge in [-0.05, 0) is 19.3 Å². The Kier molecular flexibility index (Phi) is 25.2. The van der Waals surface area contributed by atoms with Crippen molar-refractivity contribution in [2.45, 2.75) is 174 Å². The molecule has 0 fully saturated rings. The van der Waals surface area contributed by atoms with Crippen LogP contribution in [0.1, 0.15) is 167 Å². The van der Waals surface area contributed by atoms with Crippen molar-refractivity contribution in [2.24, 2.45) is 0 Å². The number of carboxylic acid groups (broad SMARTS) is 1. The van der Waals surface area contributed by atoms with E-state index in [9.17, 15) is 9.90 Å². The number of carboxylic acids is 1. The molecule has 0 heterocycles. The van der Waals surface area contributed by atoms with Crippen LogP contribution in [0.4, 0.5) is 0 Å². The first kappa shape index (κ1) is 30.4. The molecule has 1 unspecified atom stereocenters. The average molecular weight is 441 g/mol. The van der Waals surface area contributed by atoms with E-state index in [1.165, 1.54) is 122 Å². The van der Waals surface area contributed by atoms with Gasteiger partial charge in [-0.1, -0.05) is 142 Å². The first-order valence-corrected chi connectivity index (χ1v) is 14.1. The third kappa shape index (κ3) is 27.4. The van der Waals surface area contributed by atoms with E-state index >= 15 is 0 Å². The maximum absolute atomic E-state index is 10.4. The molecule has 0 spiro atoms. The van der Waals surface area contributed by atoms with Crippen molar-refractivity contribution in [1.82, 2.24) is 0 Å². The van der Waals surface area contributed by atoms with Gasteiger partial charge in [0.1, 0.15) is 0 Å². The predicted octanol–water partition coefficient (Wildman–Crippen LogP) is 9.20. The highest BCUT2D eigenvalue weighted by atomic mass is 16.4. The molecule has 1 atom stereocenters. The molecule has 0 saturated carbocycles. The van der Waals surface area contributed by atoms with Gasteiger partial charge < -0.3 is 10.2 Å². The van der Waals surface area contributed by atoms with Crippen LogP contribution < -0.4 is 0 Å². The summed E-state index contributed by atoms with van der Waals surface area (Å²) in [5, 5.41) is 18.5. The van der Waals surface area contributed by atoms with Crippen LogP contribution in [0.15, 0.2) is 0 Å². The molecule has 0 aliphatic carbocycles. The van der Waals surface area contributed by atoms with Gasteiger partial charge in [0.25, 0.3) is 0 Å². The summed E-state index contributed by atoms with van der Waals surface area (Å²) in [4.78, 5) is 10.4. The van der Waals surface area contributed by atoms with Crippen molar-refractivity contribution in [3.05, 3.63) is 0 Å². The van der Waals surface area contributed by atoms with Gasteiger partial charge in [0.15, 0.2) is 0 Å². The van der Waals surface area contributed by atoms with E-state index in [4.69, 9.17) is 5.11 Å². The SMILES string of the molecule is CCCCCCCCCCCCCCCCCCCCCCC(O)CCCCC(=O)O. The Morgan fingerprint density at radius 1 is 0.516 bits per heavy atom. The van der Waals surface area contributed by atoms with Gasteiger partial charge in [-0.3, -0.25) is 4.79 Å². The molecule has 0 aliphatic rings. The molecule has 0 rings (SSSR count). The minimum Gasteiger partial charge on any atom is -0.481 e. The Labute approximate surface area is 194 Å². The predicted molar refractivity (Wildman–Crippen MR) is 135 cm³/mol. The molecule has 0 aromatic carbocycles. The Morgan fingerprint density at radius 3 is 1.13 bits per heavy atom. The van der Waals surface area contributed by atoms with Crippen molar-refractivity contribution in [1.29, 1.82) is 0 Å². The van der Waals surface area contributed by atoms with Crippen molar-refractivity contribution in [2.75, 3.05) is 0 Å². The summed E-state index contributed by atoms with van der Waals surface area (Å²) in [5.74, 6) is -0.733. The number of hydrogen-bond donors (Lipinski definition) is 2. The molecule has 2 N–H and O–H groups in total. The lowest BCUT2D eigenvalue weighted by atomic mass is 10.0. The first-order chi connectivity index (χ1) is 15.2. The lowest BCUT2D eigenvalue weighted by Gasteiger charge is -2.09. The molecule has 0 bridgehead atoms. The molecule has 0 aromatic rings. The van der Waals surface area contributed by atoms with Crippen molar-refractivity contribution >= 4 is 5.97 Å². The molecule has 0 saturated heterocycles. The van der Waals surface area contributed by atoms with Crippen LogP contribution >= 0.6 is 0 Å². The van der Waals surface area contributed by atoms with E-state index in [2.05, 4.69) is 6.92 Å². The zero-order valence-corrected chi connectivity index (χ0v) is 21.1. The molecule has 186 valence electrons. The number of carbonyl (C=O) groups is 1. The normalized spacial score (nSPS) is 12.3. The molecule has 31 heavy (non-hydrogen) atoms. The van der Waals surface area contributed by atoms with Gasteiger partial charge in [-0.2, -0.15) is 0 Å². The van der Waals surface area contributed by atoms with E-state index < -0.39 is 5.97 Å². The van der Waals surface area contributed by atoms with Crippen molar-refractivity contribution in [3.63, 3.8) is 0 Å². The number of aliphatic carboxylic acids is 1. The fourth-order valence-electron chi connectivity index (χ4n) is 4.44. The number of rotatable bonds is 26. The van der Waals surface area contributed by atoms with Gasteiger partial charge >= 0.3 is 5.97 Å². The molecule has 0 amide bonds. The molecule has 3 heteroatoms. The highest BCUT2D eigenvalue weighted by molar-refractivity contribution is 5.66. The molecular formula is C28H56O3. The van der Waals surface area contributed by atoms with Crippen LogP contribution in [0, 0.1) is 0 Å². The topological polar surface area (TPSA) is 57.5 Å². The third-order valence-electron chi connectivity index (χ3n) is 6.57. The van der Waals surface area contributed by atoms with E-state index in [0.29, 0.717) is 6.42 Å². The standard InChI is InChI=1S/C28H56O3/c1-2-3-4-5-6-7-8-9-10-11-12-13-14-15-16-17-18-19-20-21-24-27(29)25-22-23-26-28(30)31/h27,29H,2-26H2,1H3,(H,30,31). The molecule has 0 radical (unpaired) electrons. The summed E-state index contributed by atoms with van der Waals surface area (Å²) >= 11 is 0. The average Bonchev–Trinajstić information content (AvgIpc) is 2.75. The fraction of sp³-hybridized carbons (Fsp3) is 0.964. The Balaban J connectivity index is 3.10. The Hall–Kier alpha value is -0.570. The zero-order chi connectivity index (χ0) is 22.8. The number of unbranched alkanes of at least 4 members (excludes halogenated alkanes) is 20. The Bertz CT molecular complexity index is 356. The minimum absolute atomic E-state index is 0.228. The molecule has 3 nitrogen and oxygen atoms in total. The highest BCUT2D eigenvalue weighted by Gasteiger charge is 2.05. The summed E-state index contributed by atoms with van der Waals surface area (Å²) in [7, 11) is 0. The van der Waals surface area contributed by atoms with Crippen LogP contribution in [0.2, 0.25) is 0 Å². The summed E-state index contributed by atoms with van der Waals surface area (Å²) in [6.45, 7) is 2.29. The molecular weight excluding hydrogens is 384 g/mol. The fourth-order valence-corrected chi connectivity index (χ4v) is 4.44. The highest BCUT2D eigenvalue weighted by Crippen LogP contribution is 2.16. The largest absolute Gasteiger partial charge is 0.481 e. The van der Waals surface area contributed by atoms with Gasteiger partial charge in [-0.15, -0.1) is 0 Å². The second kappa shape index (κ2) is 25.7. The summed E-state index contributed by atoms with van der Waals surface area (Å²) < 4.78 is 0. The van der Waals surface area contributed by atoms with Crippen LogP contribution in [-0.2, 0) is 4.79 Å². The lowest BCUT2D eigenvalue weighted by Crippen LogP contribution is -2.06. The second-order valence-corrected chi connectivity index (χ2v) is 9.80. The lowest BCUT2D eigenvalue weighted by molar-refractivity contribution is -0.137. The van der Waals surface area contributed by atoms with Crippen LogP contribution in [0.5, 0.6) is 0 Å². The molecule has 0 aromatic heterocycles. The number of aliphatic hydroxyl groups excluding tert-OH is 1. The monoisotopic (exact) mass is 440 g/mol. The van der Waals surface area contributed by atoms with E-state index in [-0.39, 0.29) is 12.5 Å². The van der Waals surface area contributed by atoms with E-state index in [1.54, 1.807) is 0 Å². The smallest absolute Gasteiger partial charge is 0.303 e. The van der Waals surface area contributed by atoms with Crippen LogP contribution in [0.3, 0.4) is 0 Å². The van der Waals surface area contributed by atoms with Crippen LogP contribution in [0.25, 0.3) is 0 Å². The summed E-state index contributed by atoms with van der Waals surface area (Å²) in [5.41, 5.74) is 0. The molecule has 0 aliphatic heterocycles. The maximum Gasteiger partial charge on any atom is 0.303 e. The third-order valence-corrected chi connectivity index (χ3v) is 6.57. The van der Waals surface area contributed by atoms with Crippen molar-refractivity contribution in [3.8, 4) is 0 Å². The zero-order valence-electron chi connectivity index (χ0n) is 21.1. The Morgan fingerprint density at radius 2 is 0.806 bits per heavy atom. The first-order valence-electron chi connectivity index (χ1n) is 14.1. The van der Waals surface area contributed by atoms with Crippen LogP contribution in [-0.4, -0.2) is 22.3 Å². The van der Waals surface area contributed by atoms with Gasteiger partial charge in [0.2, 0.25) is 0 Å². The number of hydrogen-bond acceptors (Lipinski definition) is 2. The number of aliphatic hydroxyl groups is 1. The minimum atomic E-state index is -0.733. The second-order valence-electron chi connectivity index (χ2n) is 9.80. The van der Waals surface area contributed by atoms with Crippen molar-refractivity contribution < 1.29 is 15.0 Å². The van der Waals surface area contributed by atoms with Gasteiger partial charge in [0, 0.05) is 6.42 Å². The summed E-state index contributed by atoms with van der Waals surface area (Å²) in [6.07, 6.45) is 31.0. The quantitative estimate of drug-likeness (QED) is 0.132. The summed E-state index contributed by atoms with van der Waals surface area (Å²) in [6, 6.07) is 0. The van der Waals surface area contributed by atoms with Gasteiger partial charge in [-0.25, -0.2) is 0 Å². The van der Waals surface area contributed by atoms with E-state index in [1.807, 2.05) is 0 Å². The van der Waals surface area contributed by atoms with E-state index in [0.717, 1.165) is 25.7 Å². The van der Waals surface area contributed by atoms with Gasteiger partial charge in [0.05, 0.1) is 6.10 Å².